The minimum Gasteiger partial charge on any atom is -0.493 e. The number of carbonyl (C=O) groups is 2. The van der Waals surface area contributed by atoms with Gasteiger partial charge in [-0.2, -0.15) is 0 Å². The maximum Gasteiger partial charge on any atom is 0.264 e. The first kappa shape index (κ1) is 32.0. The summed E-state index contributed by atoms with van der Waals surface area (Å²) in [5, 5.41) is 2.92. The normalized spacial score (nSPS) is 12.3. The van der Waals surface area contributed by atoms with E-state index in [-0.39, 0.29) is 23.0 Å². The number of benzene rings is 3. The van der Waals surface area contributed by atoms with Crippen LogP contribution in [0.4, 0.5) is 5.69 Å². The van der Waals surface area contributed by atoms with Crippen molar-refractivity contribution in [3.05, 3.63) is 82.8 Å². The zero-order valence-corrected chi connectivity index (χ0v) is 26.5. The second-order valence-corrected chi connectivity index (χ2v) is 13.2. The van der Waals surface area contributed by atoms with E-state index in [9.17, 15) is 18.0 Å². The van der Waals surface area contributed by atoms with E-state index in [1.807, 2.05) is 45.0 Å². The molecule has 9 nitrogen and oxygen atoms in total. The molecule has 0 radical (unpaired) electrons. The van der Waals surface area contributed by atoms with Crippen LogP contribution in [0.1, 0.15) is 33.3 Å². The Labute approximate surface area is 250 Å². The van der Waals surface area contributed by atoms with Gasteiger partial charge in [-0.3, -0.25) is 13.9 Å². The van der Waals surface area contributed by atoms with Gasteiger partial charge in [-0.05, 0) is 69.7 Å². The molecule has 2 amide bonds. The molecule has 3 rings (SSSR count). The number of hydrogen-bond donors (Lipinski definition) is 1. The van der Waals surface area contributed by atoms with Gasteiger partial charge in [-0.25, -0.2) is 8.42 Å². The number of anilines is 1. The van der Waals surface area contributed by atoms with Gasteiger partial charge in [-0.15, -0.1) is 0 Å². The summed E-state index contributed by atoms with van der Waals surface area (Å²) in [7, 11) is -1.28. The summed E-state index contributed by atoms with van der Waals surface area (Å²) in [6, 6.07) is 19.0. The van der Waals surface area contributed by atoms with Crippen LogP contribution in [-0.2, 0) is 26.2 Å². The summed E-state index contributed by atoms with van der Waals surface area (Å²) in [5.74, 6) is -0.204. The van der Waals surface area contributed by atoms with Crippen molar-refractivity contribution in [1.29, 1.82) is 0 Å². The number of ether oxygens (including phenoxy) is 2. The molecule has 3 aromatic rings. The van der Waals surface area contributed by atoms with Crippen LogP contribution in [0.25, 0.3) is 0 Å². The molecule has 1 atom stereocenters. The fourth-order valence-electron chi connectivity index (χ4n) is 4.07. The Bertz CT molecular complexity index is 1460. The first-order chi connectivity index (χ1) is 19.3. The largest absolute Gasteiger partial charge is 0.493 e. The molecule has 220 valence electrons. The van der Waals surface area contributed by atoms with Gasteiger partial charge in [0.1, 0.15) is 12.6 Å². The second-order valence-electron chi connectivity index (χ2n) is 10.4. The number of halogens is 1. The van der Waals surface area contributed by atoms with Crippen LogP contribution in [-0.4, -0.2) is 57.5 Å². The molecule has 0 aliphatic rings. The molecule has 11 heteroatoms. The number of sulfonamides is 1. The maximum absolute atomic E-state index is 14.0. The zero-order chi connectivity index (χ0) is 30.4. The van der Waals surface area contributed by atoms with E-state index in [0.29, 0.717) is 11.5 Å². The number of nitrogens with zero attached hydrogens (tertiary/aromatic N) is 2. The van der Waals surface area contributed by atoms with Gasteiger partial charge in [0.25, 0.3) is 10.0 Å². The van der Waals surface area contributed by atoms with Crippen molar-refractivity contribution >= 4 is 43.5 Å². The summed E-state index contributed by atoms with van der Waals surface area (Å²) in [4.78, 5) is 28.6. The van der Waals surface area contributed by atoms with Crippen LogP contribution < -0.4 is 19.1 Å². The molecule has 0 bridgehead atoms. The summed E-state index contributed by atoms with van der Waals surface area (Å²) < 4.78 is 40.5. The Morgan fingerprint density at radius 1 is 0.927 bits per heavy atom. The van der Waals surface area contributed by atoms with Crippen LogP contribution in [0, 0.1) is 0 Å². The van der Waals surface area contributed by atoms with Crippen molar-refractivity contribution in [2.24, 2.45) is 0 Å². The van der Waals surface area contributed by atoms with Crippen molar-refractivity contribution in [1.82, 2.24) is 10.2 Å². The van der Waals surface area contributed by atoms with E-state index < -0.39 is 34.1 Å². The van der Waals surface area contributed by atoms with Gasteiger partial charge in [0.05, 0.1) is 24.8 Å². The molecule has 3 aromatic carbocycles. The third-order valence-electron chi connectivity index (χ3n) is 6.20. The van der Waals surface area contributed by atoms with Crippen molar-refractivity contribution in [3.63, 3.8) is 0 Å². The minimum absolute atomic E-state index is 0.0144. The highest BCUT2D eigenvalue weighted by molar-refractivity contribution is 9.10. The van der Waals surface area contributed by atoms with Crippen LogP contribution >= 0.6 is 15.9 Å². The van der Waals surface area contributed by atoms with E-state index in [1.54, 1.807) is 37.3 Å². The topological polar surface area (TPSA) is 105 Å². The van der Waals surface area contributed by atoms with Gasteiger partial charge in [-0.1, -0.05) is 46.3 Å². The van der Waals surface area contributed by atoms with E-state index in [1.165, 1.54) is 37.3 Å². The SMILES string of the molecule is COc1ccc(N(CC(=O)N(Cc2ccc(Br)cc2)C(C)C(=O)NC(C)(C)C)S(=O)(=O)c2ccccc2)cc1OC. The highest BCUT2D eigenvalue weighted by Gasteiger charge is 2.33. The van der Waals surface area contributed by atoms with Crippen LogP contribution in [0.5, 0.6) is 11.5 Å². The molecule has 0 spiro atoms. The van der Waals surface area contributed by atoms with Crippen molar-refractivity contribution < 1.29 is 27.5 Å². The Kier molecular flexibility index (Phi) is 10.4. The maximum atomic E-state index is 14.0. The number of amides is 2. The third kappa shape index (κ3) is 8.23. The van der Waals surface area contributed by atoms with E-state index >= 15 is 0 Å². The van der Waals surface area contributed by atoms with Gasteiger partial charge in [0.2, 0.25) is 11.8 Å². The summed E-state index contributed by atoms with van der Waals surface area (Å²) in [5.41, 5.74) is 0.454. The second kappa shape index (κ2) is 13.4. The number of rotatable bonds is 11. The van der Waals surface area contributed by atoms with Crippen molar-refractivity contribution in [2.75, 3.05) is 25.1 Å². The van der Waals surface area contributed by atoms with Gasteiger partial charge in [0, 0.05) is 22.6 Å². The quantitative estimate of drug-likeness (QED) is 0.315. The van der Waals surface area contributed by atoms with Crippen LogP contribution in [0.15, 0.2) is 82.2 Å². The van der Waals surface area contributed by atoms with E-state index in [2.05, 4.69) is 21.2 Å². The lowest BCUT2D eigenvalue weighted by molar-refractivity contribution is -0.140. The standard InChI is InChI=1S/C30H36BrN3O6S/c1-21(29(36)32-30(2,3)4)33(19-22-12-14-23(31)15-13-22)28(35)20-34(41(37,38)25-10-8-7-9-11-25)24-16-17-26(39-5)27(18-24)40-6/h7-18,21H,19-20H2,1-6H3,(H,32,36). The Hall–Kier alpha value is -3.57. The molecule has 0 heterocycles. The lowest BCUT2D eigenvalue weighted by atomic mass is 10.1. The highest BCUT2D eigenvalue weighted by Crippen LogP contribution is 2.34. The number of carbonyl (C=O) groups excluding carboxylic acids is 2. The average Bonchev–Trinajstić information content (AvgIpc) is 2.94. The summed E-state index contributed by atoms with van der Waals surface area (Å²) in [6.07, 6.45) is 0. The molecule has 1 N–H and O–H groups in total. The molecule has 1 unspecified atom stereocenters. The lowest BCUT2D eigenvalue weighted by Crippen LogP contribution is -2.54. The minimum atomic E-state index is -4.20. The van der Waals surface area contributed by atoms with Crippen molar-refractivity contribution in [2.45, 2.75) is 50.7 Å². The Morgan fingerprint density at radius 2 is 1.54 bits per heavy atom. The first-order valence-electron chi connectivity index (χ1n) is 12.9. The molecular formula is C30H36BrN3O6S. The Balaban J connectivity index is 2.08. The first-order valence-corrected chi connectivity index (χ1v) is 15.2. The number of methoxy groups -OCH3 is 2. The van der Waals surface area contributed by atoms with Gasteiger partial charge < -0.3 is 19.7 Å². The average molecular weight is 647 g/mol. The van der Waals surface area contributed by atoms with Gasteiger partial charge in [0.15, 0.2) is 11.5 Å². The highest BCUT2D eigenvalue weighted by atomic mass is 79.9. The summed E-state index contributed by atoms with van der Waals surface area (Å²) >= 11 is 3.41. The predicted octanol–water partition coefficient (Wildman–Crippen LogP) is 4.99. The fraction of sp³-hybridized carbons (Fsp3) is 0.333. The monoisotopic (exact) mass is 645 g/mol. The van der Waals surface area contributed by atoms with E-state index in [0.717, 1.165) is 14.3 Å². The molecule has 0 fully saturated rings. The molecule has 0 saturated carbocycles. The molecule has 0 aromatic heterocycles. The van der Waals surface area contributed by atoms with Crippen molar-refractivity contribution in [3.8, 4) is 11.5 Å². The Morgan fingerprint density at radius 3 is 2.10 bits per heavy atom. The summed E-state index contributed by atoms with van der Waals surface area (Å²) in [6.45, 7) is 6.72. The molecule has 0 saturated heterocycles. The predicted molar refractivity (Wildman–Crippen MR) is 163 cm³/mol. The van der Waals surface area contributed by atoms with Crippen LogP contribution in [0.3, 0.4) is 0 Å². The molecule has 0 aliphatic heterocycles. The third-order valence-corrected chi connectivity index (χ3v) is 8.51. The number of hydrogen-bond acceptors (Lipinski definition) is 6. The number of nitrogens with one attached hydrogen (secondary N) is 1. The molecular weight excluding hydrogens is 610 g/mol. The molecule has 0 aliphatic carbocycles. The van der Waals surface area contributed by atoms with Gasteiger partial charge >= 0.3 is 0 Å². The zero-order valence-electron chi connectivity index (χ0n) is 24.0. The van der Waals surface area contributed by atoms with Crippen LogP contribution in [0.2, 0.25) is 0 Å². The smallest absolute Gasteiger partial charge is 0.264 e. The fourth-order valence-corrected chi connectivity index (χ4v) is 5.76. The van der Waals surface area contributed by atoms with E-state index in [4.69, 9.17) is 9.47 Å². The lowest BCUT2D eigenvalue weighted by Gasteiger charge is -2.33. The molecule has 41 heavy (non-hydrogen) atoms.